The maximum Gasteiger partial charge on any atom is 0.263 e. The molecule has 0 atom stereocenters. The van der Waals surface area contributed by atoms with Gasteiger partial charge in [0.15, 0.2) is 5.82 Å². The van der Waals surface area contributed by atoms with Gasteiger partial charge in [0.05, 0.1) is 4.90 Å². The first kappa shape index (κ1) is 18.0. The number of hydrogen-bond donors (Lipinski definition) is 2. The van der Waals surface area contributed by atoms with Crippen molar-refractivity contribution < 1.29 is 17.7 Å². The molecule has 1 heterocycles. The number of sulfonamides is 1. The summed E-state index contributed by atoms with van der Waals surface area (Å²) in [6.07, 6.45) is 0. The van der Waals surface area contributed by atoms with Gasteiger partial charge in [0.25, 0.3) is 15.9 Å². The first-order valence-corrected chi connectivity index (χ1v) is 8.75. The Morgan fingerprint density at radius 1 is 1.25 bits per heavy atom. The second-order valence-corrected chi connectivity index (χ2v) is 7.19. The molecule has 0 bridgehead atoms. The number of nitrogens with zero attached hydrogens (tertiary/aromatic N) is 2. The van der Waals surface area contributed by atoms with Gasteiger partial charge in [-0.05, 0) is 45.3 Å². The Bertz CT molecular complexity index is 797. The second-order valence-electron chi connectivity index (χ2n) is 5.51. The van der Waals surface area contributed by atoms with E-state index in [1.165, 1.54) is 30.3 Å². The molecule has 0 aliphatic heterocycles. The molecule has 9 heteroatoms. The van der Waals surface area contributed by atoms with Crippen LogP contribution in [-0.4, -0.2) is 51.6 Å². The van der Waals surface area contributed by atoms with Gasteiger partial charge < -0.3 is 14.7 Å². The van der Waals surface area contributed by atoms with Crippen molar-refractivity contribution in [3.8, 4) is 0 Å². The minimum absolute atomic E-state index is 0.0352. The van der Waals surface area contributed by atoms with E-state index in [1.54, 1.807) is 6.92 Å². The predicted octanol–water partition coefficient (Wildman–Crippen LogP) is 1.08. The monoisotopic (exact) mass is 352 g/mol. The zero-order chi connectivity index (χ0) is 17.7. The number of aryl methyl sites for hydroxylation is 1. The zero-order valence-electron chi connectivity index (χ0n) is 13.7. The van der Waals surface area contributed by atoms with Crippen molar-refractivity contribution in [3.05, 3.63) is 41.7 Å². The van der Waals surface area contributed by atoms with E-state index >= 15 is 0 Å². The molecule has 130 valence electrons. The van der Waals surface area contributed by atoms with Crippen molar-refractivity contribution in [1.29, 1.82) is 0 Å². The maximum atomic E-state index is 12.2. The van der Waals surface area contributed by atoms with Gasteiger partial charge in [0, 0.05) is 24.7 Å². The van der Waals surface area contributed by atoms with E-state index < -0.39 is 10.0 Å². The molecule has 0 saturated heterocycles. The molecule has 0 saturated carbocycles. The Morgan fingerprint density at radius 2 is 1.92 bits per heavy atom. The predicted molar refractivity (Wildman–Crippen MR) is 89.4 cm³/mol. The molecule has 8 nitrogen and oxygen atoms in total. The molecule has 0 radical (unpaired) electrons. The van der Waals surface area contributed by atoms with Gasteiger partial charge in [-0.1, -0.05) is 5.16 Å². The lowest BCUT2D eigenvalue weighted by molar-refractivity contribution is 0.0951. The number of nitrogens with one attached hydrogen (secondary N) is 2. The number of benzene rings is 1. The van der Waals surface area contributed by atoms with E-state index in [9.17, 15) is 13.2 Å². The number of likely N-dealkylation sites (N-methyl/N-ethyl adjacent to an activating group) is 1. The average molecular weight is 352 g/mol. The van der Waals surface area contributed by atoms with Gasteiger partial charge >= 0.3 is 0 Å². The Kier molecular flexibility index (Phi) is 5.58. The summed E-state index contributed by atoms with van der Waals surface area (Å²) in [6.45, 7) is 2.90. The molecule has 24 heavy (non-hydrogen) atoms. The van der Waals surface area contributed by atoms with Crippen molar-refractivity contribution in [2.45, 2.75) is 11.8 Å². The van der Waals surface area contributed by atoms with E-state index in [0.29, 0.717) is 17.9 Å². The lowest BCUT2D eigenvalue weighted by atomic mass is 10.2. The Hall–Kier alpha value is -2.39. The van der Waals surface area contributed by atoms with Crippen LogP contribution in [0.4, 0.5) is 5.82 Å². The molecule has 0 unspecified atom stereocenters. The minimum atomic E-state index is -3.78. The number of carbonyl (C=O) groups is 1. The van der Waals surface area contributed by atoms with Crippen LogP contribution in [0.25, 0.3) is 0 Å². The van der Waals surface area contributed by atoms with Crippen molar-refractivity contribution in [1.82, 2.24) is 15.4 Å². The summed E-state index contributed by atoms with van der Waals surface area (Å²) in [5, 5.41) is 6.35. The highest BCUT2D eigenvalue weighted by atomic mass is 32.2. The number of rotatable bonds is 7. The van der Waals surface area contributed by atoms with E-state index in [4.69, 9.17) is 4.52 Å². The Labute approximate surface area is 140 Å². The van der Waals surface area contributed by atoms with Crippen LogP contribution in [-0.2, 0) is 10.0 Å². The van der Waals surface area contributed by atoms with Crippen molar-refractivity contribution in [3.63, 3.8) is 0 Å². The number of carbonyl (C=O) groups excluding carboxylic acids is 1. The van der Waals surface area contributed by atoms with Crippen LogP contribution < -0.4 is 10.0 Å². The average Bonchev–Trinajstić information content (AvgIpc) is 2.91. The summed E-state index contributed by atoms with van der Waals surface area (Å²) in [6, 6.07) is 7.15. The third kappa shape index (κ3) is 4.80. The molecule has 1 amide bonds. The first-order chi connectivity index (χ1) is 11.3. The topological polar surface area (TPSA) is 105 Å². The van der Waals surface area contributed by atoms with Crippen LogP contribution in [0.2, 0.25) is 0 Å². The summed E-state index contributed by atoms with van der Waals surface area (Å²) in [7, 11) is 0.0422. The normalized spacial score (nSPS) is 11.5. The highest BCUT2D eigenvalue weighted by Crippen LogP contribution is 2.16. The van der Waals surface area contributed by atoms with Gasteiger partial charge in [-0.3, -0.25) is 9.52 Å². The van der Waals surface area contributed by atoms with Gasteiger partial charge in [-0.25, -0.2) is 8.42 Å². The van der Waals surface area contributed by atoms with Crippen LogP contribution in [0.3, 0.4) is 0 Å². The van der Waals surface area contributed by atoms with Crippen molar-refractivity contribution >= 4 is 21.7 Å². The fourth-order valence-electron chi connectivity index (χ4n) is 1.89. The third-order valence-electron chi connectivity index (χ3n) is 3.14. The lowest BCUT2D eigenvalue weighted by Crippen LogP contribution is -2.31. The molecule has 0 spiro atoms. The third-order valence-corrected chi connectivity index (χ3v) is 4.51. The number of amides is 1. The summed E-state index contributed by atoms with van der Waals surface area (Å²) >= 11 is 0. The SMILES string of the molecule is Cc1cc(NS(=O)(=O)c2ccc(C(=O)NCCN(C)C)cc2)no1. The molecule has 2 aromatic rings. The van der Waals surface area contributed by atoms with E-state index in [0.717, 1.165) is 6.54 Å². The molecule has 0 aliphatic carbocycles. The summed E-state index contributed by atoms with van der Waals surface area (Å²) in [4.78, 5) is 14.0. The fraction of sp³-hybridized carbons (Fsp3) is 0.333. The van der Waals surface area contributed by atoms with Gasteiger partial charge in [-0.2, -0.15) is 0 Å². The van der Waals surface area contributed by atoms with Crippen LogP contribution >= 0.6 is 0 Å². The molecule has 0 aliphatic rings. The highest BCUT2D eigenvalue weighted by molar-refractivity contribution is 7.92. The standard InChI is InChI=1S/C15H20N4O4S/c1-11-10-14(17-23-11)18-24(21,22)13-6-4-12(5-7-13)15(20)16-8-9-19(2)3/h4-7,10H,8-9H2,1-3H3,(H,16,20)(H,17,18). The largest absolute Gasteiger partial charge is 0.360 e. The minimum Gasteiger partial charge on any atom is -0.360 e. The summed E-state index contributed by atoms with van der Waals surface area (Å²) in [5.74, 6) is 0.358. The van der Waals surface area contributed by atoms with Crippen LogP contribution in [0.1, 0.15) is 16.1 Å². The number of aromatic nitrogens is 1. The van der Waals surface area contributed by atoms with E-state index in [-0.39, 0.29) is 16.6 Å². The van der Waals surface area contributed by atoms with E-state index in [1.807, 2.05) is 19.0 Å². The quantitative estimate of drug-likeness (QED) is 0.772. The zero-order valence-corrected chi connectivity index (χ0v) is 14.6. The molecular weight excluding hydrogens is 332 g/mol. The van der Waals surface area contributed by atoms with Crippen LogP contribution in [0, 0.1) is 6.92 Å². The van der Waals surface area contributed by atoms with Gasteiger partial charge in [0.1, 0.15) is 5.76 Å². The Balaban J connectivity index is 2.03. The maximum absolute atomic E-state index is 12.2. The molecule has 0 fully saturated rings. The fourth-order valence-corrected chi connectivity index (χ4v) is 2.88. The molecule has 2 rings (SSSR count). The number of hydrogen-bond acceptors (Lipinski definition) is 6. The molecule has 1 aromatic carbocycles. The summed E-state index contributed by atoms with van der Waals surface area (Å²) in [5.41, 5.74) is 0.394. The summed E-state index contributed by atoms with van der Waals surface area (Å²) < 4.78 is 31.6. The number of anilines is 1. The van der Waals surface area contributed by atoms with E-state index in [2.05, 4.69) is 15.2 Å². The lowest BCUT2D eigenvalue weighted by Gasteiger charge is -2.10. The molecule has 2 N–H and O–H groups in total. The first-order valence-electron chi connectivity index (χ1n) is 7.27. The van der Waals surface area contributed by atoms with Crippen LogP contribution in [0.15, 0.2) is 39.8 Å². The highest BCUT2D eigenvalue weighted by Gasteiger charge is 2.17. The smallest absolute Gasteiger partial charge is 0.263 e. The van der Waals surface area contributed by atoms with Crippen LogP contribution in [0.5, 0.6) is 0 Å². The van der Waals surface area contributed by atoms with Crippen molar-refractivity contribution in [2.24, 2.45) is 0 Å². The Morgan fingerprint density at radius 3 is 2.46 bits per heavy atom. The molecule has 1 aromatic heterocycles. The van der Waals surface area contributed by atoms with Gasteiger partial charge in [0.2, 0.25) is 0 Å². The van der Waals surface area contributed by atoms with Gasteiger partial charge in [-0.15, -0.1) is 0 Å². The second kappa shape index (κ2) is 7.45. The molecular formula is C15H20N4O4S. The van der Waals surface area contributed by atoms with Crippen molar-refractivity contribution in [2.75, 3.05) is 31.9 Å².